The fourth-order valence-corrected chi connectivity index (χ4v) is 2.84. The molecule has 0 saturated carbocycles. The van der Waals surface area contributed by atoms with E-state index in [1.54, 1.807) is 6.07 Å². The number of aliphatic hydroxyl groups excluding tert-OH is 3. The van der Waals surface area contributed by atoms with Gasteiger partial charge in [-0.15, -0.1) is 0 Å². The topological polar surface area (TPSA) is 98.6 Å². The lowest BCUT2D eigenvalue weighted by Crippen LogP contribution is -2.32. The van der Waals surface area contributed by atoms with Crippen LogP contribution in [0.5, 0.6) is 0 Å². The van der Waals surface area contributed by atoms with Gasteiger partial charge in [-0.3, -0.25) is 0 Å². The summed E-state index contributed by atoms with van der Waals surface area (Å²) < 4.78 is 5.92. The smallest absolute Gasteiger partial charge is 0.138 e. The molecule has 1 unspecified atom stereocenters. The average molecular weight is 308 g/mol. The number of aliphatic hydroxyl groups is 3. The lowest BCUT2D eigenvalue weighted by molar-refractivity contribution is -0.0229. The summed E-state index contributed by atoms with van der Waals surface area (Å²) >= 11 is 5.30. The Morgan fingerprint density at radius 3 is 2.76 bits per heavy atom. The fraction of sp³-hybridized carbons (Fsp3) is 0.429. The van der Waals surface area contributed by atoms with E-state index in [1.165, 1.54) is 0 Å². The van der Waals surface area contributed by atoms with Gasteiger partial charge in [0.25, 0.3) is 0 Å². The van der Waals surface area contributed by atoms with Crippen LogP contribution in [0.15, 0.2) is 18.2 Å². The van der Waals surface area contributed by atoms with Gasteiger partial charge in [-0.25, -0.2) is 4.98 Å². The zero-order valence-corrected chi connectivity index (χ0v) is 12.2. The maximum Gasteiger partial charge on any atom is 0.138 e. The van der Waals surface area contributed by atoms with Gasteiger partial charge in [0.15, 0.2) is 0 Å². The van der Waals surface area contributed by atoms with Gasteiger partial charge in [0.1, 0.15) is 34.7 Å². The van der Waals surface area contributed by atoms with Gasteiger partial charge in [-0.05, 0) is 25.1 Å². The van der Waals surface area contributed by atoms with Crippen molar-refractivity contribution < 1.29 is 20.1 Å². The standard InChI is InChI=1S/C14H16N2O4S/c1-6-2-3-7-4-8(14(21)16-13(7)15-6)12-11(19)10(18)9(5-17)20-12/h2-4,9-12,17-19H,5H2,1H3,(H,15,16,21)/t9-,10?,11+,12+/m1/s1. The van der Waals surface area contributed by atoms with Crippen LogP contribution in [-0.2, 0) is 4.74 Å². The van der Waals surface area contributed by atoms with E-state index in [-0.39, 0.29) is 6.61 Å². The van der Waals surface area contributed by atoms with E-state index in [2.05, 4.69) is 9.97 Å². The Morgan fingerprint density at radius 2 is 2.10 bits per heavy atom. The van der Waals surface area contributed by atoms with Crippen LogP contribution in [0.4, 0.5) is 0 Å². The molecule has 1 aliphatic rings. The van der Waals surface area contributed by atoms with Gasteiger partial charge in [-0.2, -0.15) is 0 Å². The van der Waals surface area contributed by atoms with Crippen molar-refractivity contribution in [2.75, 3.05) is 6.61 Å². The summed E-state index contributed by atoms with van der Waals surface area (Å²) in [6, 6.07) is 5.56. The molecule has 0 spiro atoms. The molecular formula is C14H16N2O4S. The Morgan fingerprint density at radius 1 is 1.33 bits per heavy atom. The van der Waals surface area contributed by atoms with E-state index in [0.717, 1.165) is 11.1 Å². The molecule has 112 valence electrons. The molecule has 0 amide bonds. The lowest BCUT2D eigenvalue weighted by atomic mass is 10.0. The molecule has 1 saturated heterocycles. The minimum absolute atomic E-state index is 0.362. The first kappa shape index (κ1) is 14.6. The molecule has 4 N–H and O–H groups in total. The van der Waals surface area contributed by atoms with Crippen LogP contribution in [0, 0.1) is 11.6 Å². The number of rotatable bonds is 2. The molecule has 6 nitrogen and oxygen atoms in total. The highest BCUT2D eigenvalue weighted by Gasteiger charge is 2.43. The zero-order chi connectivity index (χ0) is 15.1. The number of hydrogen-bond acceptors (Lipinski definition) is 6. The number of aromatic nitrogens is 2. The number of fused-ring (bicyclic) bond motifs is 1. The lowest BCUT2D eigenvalue weighted by Gasteiger charge is -2.15. The predicted molar refractivity (Wildman–Crippen MR) is 78.4 cm³/mol. The normalized spacial score (nSPS) is 29.1. The molecule has 7 heteroatoms. The van der Waals surface area contributed by atoms with Crippen molar-refractivity contribution in [1.29, 1.82) is 0 Å². The second-order valence-electron chi connectivity index (χ2n) is 5.20. The zero-order valence-electron chi connectivity index (χ0n) is 11.4. The van der Waals surface area contributed by atoms with Crippen molar-refractivity contribution >= 4 is 23.3 Å². The maximum atomic E-state index is 10.1. The Hall–Kier alpha value is -1.38. The molecule has 0 aromatic carbocycles. The molecule has 2 aromatic rings. The number of H-pyrrole nitrogens is 1. The minimum Gasteiger partial charge on any atom is -0.394 e. The van der Waals surface area contributed by atoms with Crippen molar-refractivity contribution in [3.8, 4) is 0 Å². The molecule has 2 aromatic heterocycles. The summed E-state index contributed by atoms with van der Waals surface area (Å²) in [6.45, 7) is 1.52. The second-order valence-corrected chi connectivity index (χ2v) is 5.61. The Kier molecular flexibility index (Phi) is 3.76. The Balaban J connectivity index is 2.07. The summed E-state index contributed by atoms with van der Waals surface area (Å²) in [6.07, 6.45) is -3.85. The van der Waals surface area contributed by atoms with E-state index in [4.69, 9.17) is 22.1 Å². The second kappa shape index (κ2) is 5.43. The molecular weight excluding hydrogens is 292 g/mol. The first-order chi connectivity index (χ1) is 10.0. The van der Waals surface area contributed by atoms with Gasteiger partial charge in [0, 0.05) is 16.6 Å². The Labute approximate surface area is 126 Å². The minimum atomic E-state index is -1.14. The van der Waals surface area contributed by atoms with E-state index in [0.29, 0.717) is 15.9 Å². The SMILES string of the molecule is Cc1ccc2cc([C@@H]3O[C@H](CO)C(O)[C@@H]3O)c(=S)[nH]c2n1. The van der Waals surface area contributed by atoms with Gasteiger partial charge < -0.3 is 25.0 Å². The molecule has 1 fully saturated rings. The number of nitrogens with one attached hydrogen (secondary N) is 1. The van der Waals surface area contributed by atoms with E-state index in [9.17, 15) is 10.2 Å². The maximum absolute atomic E-state index is 10.1. The van der Waals surface area contributed by atoms with Crippen LogP contribution in [0.1, 0.15) is 17.4 Å². The van der Waals surface area contributed by atoms with Crippen LogP contribution in [0.25, 0.3) is 11.0 Å². The molecule has 0 aliphatic carbocycles. The van der Waals surface area contributed by atoms with Crippen LogP contribution < -0.4 is 0 Å². The van der Waals surface area contributed by atoms with Crippen molar-refractivity contribution in [2.24, 2.45) is 0 Å². The highest BCUT2D eigenvalue weighted by Crippen LogP contribution is 2.34. The van der Waals surface area contributed by atoms with Gasteiger partial charge >= 0.3 is 0 Å². The summed E-state index contributed by atoms with van der Waals surface area (Å²) in [5.74, 6) is 0. The summed E-state index contributed by atoms with van der Waals surface area (Å²) in [7, 11) is 0. The Bertz CT molecular complexity index is 732. The number of ether oxygens (including phenoxy) is 1. The first-order valence-electron chi connectivity index (χ1n) is 6.64. The predicted octanol–water partition coefficient (Wildman–Crippen LogP) is 0.755. The fourth-order valence-electron chi connectivity index (χ4n) is 2.56. The van der Waals surface area contributed by atoms with E-state index >= 15 is 0 Å². The average Bonchev–Trinajstić information content (AvgIpc) is 2.74. The number of hydrogen-bond donors (Lipinski definition) is 4. The number of nitrogens with zero attached hydrogens (tertiary/aromatic N) is 1. The summed E-state index contributed by atoms with van der Waals surface area (Å²) in [5.41, 5.74) is 2.11. The molecule has 3 heterocycles. The molecule has 0 bridgehead atoms. The van der Waals surface area contributed by atoms with Gasteiger partial charge in [0.2, 0.25) is 0 Å². The highest BCUT2D eigenvalue weighted by molar-refractivity contribution is 7.71. The third-order valence-electron chi connectivity index (χ3n) is 3.72. The van der Waals surface area contributed by atoms with Crippen LogP contribution in [-0.4, -0.2) is 50.2 Å². The number of pyridine rings is 2. The van der Waals surface area contributed by atoms with Crippen molar-refractivity contribution in [3.63, 3.8) is 0 Å². The van der Waals surface area contributed by atoms with E-state index < -0.39 is 24.4 Å². The number of aromatic amines is 1. The van der Waals surface area contributed by atoms with Crippen molar-refractivity contribution in [3.05, 3.63) is 34.1 Å². The molecule has 1 aliphatic heterocycles. The van der Waals surface area contributed by atoms with Crippen LogP contribution in [0.3, 0.4) is 0 Å². The first-order valence-corrected chi connectivity index (χ1v) is 7.05. The third-order valence-corrected chi connectivity index (χ3v) is 4.06. The summed E-state index contributed by atoms with van der Waals surface area (Å²) in [4.78, 5) is 7.37. The van der Waals surface area contributed by atoms with Gasteiger partial charge in [0.05, 0.1) is 6.61 Å². The van der Waals surface area contributed by atoms with Crippen molar-refractivity contribution in [1.82, 2.24) is 9.97 Å². The third kappa shape index (κ3) is 2.47. The largest absolute Gasteiger partial charge is 0.394 e. The molecule has 3 rings (SSSR count). The molecule has 21 heavy (non-hydrogen) atoms. The van der Waals surface area contributed by atoms with Crippen LogP contribution in [0.2, 0.25) is 0 Å². The molecule has 4 atom stereocenters. The highest BCUT2D eigenvalue weighted by atomic mass is 32.1. The molecule has 0 radical (unpaired) electrons. The quantitative estimate of drug-likeness (QED) is 0.611. The van der Waals surface area contributed by atoms with Gasteiger partial charge in [-0.1, -0.05) is 12.2 Å². The van der Waals surface area contributed by atoms with Crippen molar-refractivity contribution in [2.45, 2.75) is 31.3 Å². The number of aryl methyl sites for hydroxylation is 1. The monoisotopic (exact) mass is 308 g/mol. The van der Waals surface area contributed by atoms with Crippen LogP contribution >= 0.6 is 12.2 Å². The summed E-state index contributed by atoms with van der Waals surface area (Å²) in [5, 5.41) is 29.9. The van der Waals surface area contributed by atoms with E-state index in [1.807, 2.05) is 19.1 Å².